The van der Waals surface area contributed by atoms with Gasteiger partial charge in [0.25, 0.3) is 0 Å². The summed E-state index contributed by atoms with van der Waals surface area (Å²) in [4.78, 5) is 2.92. The third-order valence-electron chi connectivity index (χ3n) is 2.84. The summed E-state index contributed by atoms with van der Waals surface area (Å²) in [6, 6.07) is 9.23. The SMILES string of the molecule is CCCNC(CCc1cccs1)c1ccc(Br)s1. The number of rotatable bonds is 7. The number of hydrogen-bond donors (Lipinski definition) is 1. The highest BCUT2D eigenvalue weighted by atomic mass is 79.9. The first-order valence-corrected chi connectivity index (χ1v) is 8.79. The lowest BCUT2D eigenvalue weighted by atomic mass is 10.1. The molecule has 98 valence electrons. The maximum atomic E-state index is 3.66. The zero-order valence-electron chi connectivity index (χ0n) is 10.5. The van der Waals surface area contributed by atoms with Crippen molar-refractivity contribution in [1.29, 1.82) is 0 Å². The Morgan fingerprint density at radius 2 is 2.22 bits per heavy atom. The molecule has 0 aliphatic heterocycles. The van der Waals surface area contributed by atoms with Gasteiger partial charge in [0.05, 0.1) is 3.79 Å². The van der Waals surface area contributed by atoms with Crippen molar-refractivity contribution >= 4 is 38.6 Å². The molecule has 2 heterocycles. The van der Waals surface area contributed by atoms with Crippen LogP contribution >= 0.6 is 38.6 Å². The zero-order valence-corrected chi connectivity index (χ0v) is 13.7. The fraction of sp³-hybridized carbons (Fsp3) is 0.429. The molecule has 0 spiro atoms. The minimum atomic E-state index is 0.489. The van der Waals surface area contributed by atoms with Crippen molar-refractivity contribution in [3.05, 3.63) is 43.2 Å². The average Bonchev–Trinajstić information content (AvgIpc) is 3.01. The van der Waals surface area contributed by atoms with Crippen LogP contribution < -0.4 is 5.32 Å². The van der Waals surface area contributed by atoms with Crippen LogP contribution in [0.5, 0.6) is 0 Å². The van der Waals surface area contributed by atoms with Gasteiger partial charge < -0.3 is 5.32 Å². The molecule has 0 aliphatic rings. The fourth-order valence-corrected chi connectivity index (χ4v) is 4.18. The van der Waals surface area contributed by atoms with E-state index in [2.05, 4.69) is 57.8 Å². The van der Waals surface area contributed by atoms with Gasteiger partial charge in [0.15, 0.2) is 0 Å². The van der Waals surface area contributed by atoms with Crippen LogP contribution in [0.2, 0.25) is 0 Å². The summed E-state index contributed by atoms with van der Waals surface area (Å²) in [5.74, 6) is 0. The second-order valence-corrected chi connectivity index (χ2v) is 7.79. The largest absolute Gasteiger partial charge is 0.309 e. The highest BCUT2D eigenvalue weighted by Crippen LogP contribution is 2.30. The van der Waals surface area contributed by atoms with Crippen molar-refractivity contribution in [2.45, 2.75) is 32.2 Å². The van der Waals surface area contributed by atoms with E-state index in [0.29, 0.717) is 6.04 Å². The van der Waals surface area contributed by atoms with Crippen LogP contribution in [0.3, 0.4) is 0 Å². The van der Waals surface area contributed by atoms with E-state index in [-0.39, 0.29) is 0 Å². The van der Waals surface area contributed by atoms with E-state index in [1.54, 1.807) is 0 Å². The van der Waals surface area contributed by atoms with E-state index in [9.17, 15) is 0 Å². The highest BCUT2D eigenvalue weighted by molar-refractivity contribution is 9.11. The van der Waals surface area contributed by atoms with Gasteiger partial charge in [0.1, 0.15) is 0 Å². The third kappa shape index (κ3) is 4.19. The predicted molar refractivity (Wildman–Crippen MR) is 85.7 cm³/mol. The Balaban J connectivity index is 1.96. The van der Waals surface area contributed by atoms with Crippen molar-refractivity contribution in [3.63, 3.8) is 0 Å². The lowest BCUT2D eigenvalue weighted by Gasteiger charge is -2.16. The Kier molecular flexibility index (Phi) is 5.89. The molecule has 0 saturated carbocycles. The molecule has 1 unspecified atom stereocenters. The molecule has 1 atom stereocenters. The molecule has 2 aromatic heterocycles. The monoisotopic (exact) mass is 343 g/mol. The highest BCUT2D eigenvalue weighted by Gasteiger charge is 2.13. The maximum absolute atomic E-state index is 3.66. The molecule has 1 N–H and O–H groups in total. The van der Waals surface area contributed by atoms with Crippen LogP contribution in [0.1, 0.15) is 35.6 Å². The van der Waals surface area contributed by atoms with Gasteiger partial charge in [-0.05, 0) is 65.3 Å². The molecule has 2 aromatic rings. The van der Waals surface area contributed by atoms with Crippen LogP contribution in [-0.2, 0) is 6.42 Å². The standard InChI is InChI=1S/C14H18BrNS2/c1-2-9-16-12(13-7-8-14(15)18-13)6-5-11-4-3-10-17-11/h3-4,7-8,10,12,16H,2,5-6,9H2,1H3. The van der Waals surface area contributed by atoms with Gasteiger partial charge in [-0.1, -0.05) is 13.0 Å². The molecule has 2 rings (SSSR count). The van der Waals surface area contributed by atoms with Crippen LogP contribution in [-0.4, -0.2) is 6.54 Å². The van der Waals surface area contributed by atoms with Gasteiger partial charge in [-0.3, -0.25) is 0 Å². The average molecular weight is 344 g/mol. The van der Waals surface area contributed by atoms with Crippen molar-refractivity contribution in [2.75, 3.05) is 6.54 Å². The summed E-state index contributed by atoms with van der Waals surface area (Å²) < 4.78 is 1.22. The van der Waals surface area contributed by atoms with E-state index < -0.39 is 0 Å². The molecule has 0 bridgehead atoms. The number of thiophene rings is 2. The molecular weight excluding hydrogens is 326 g/mol. The Morgan fingerprint density at radius 1 is 1.33 bits per heavy atom. The summed E-state index contributed by atoms with van der Waals surface area (Å²) in [6.07, 6.45) is 3.52. The van der Waals surface area contributed by atoms with Crippen LogP contribution in [0.4, 0.5) is 0 Å². The molecule has 4 heteroatoms. The maximum Gasteiger partial charge on any atom is 0.0701 e. The smallest absolute Gasteiger partial charge is 0.0701 e. The minimum Gasteiger partial charge on any atom is -0.309 e. The van der Waals surface area contributed by atoms with Gasteiger partial charge in [0, 0.05) is 15.8 Å². The molecule has 0 fully saturated rings. The van der Waals surface area contributed by atoms with Crippen molar-refractivity contribution in [3.8, 4) is 0 Å². The van der Waals surface area contributed by atoms with Gasteiger partial charge >= 0.3 is 0 Å². The van der Waals surface area contributed by atoms with Crippen LogP contribution in [0.15, 0.2) is 33.4 Å². The van der Waals surface area contributed by atoms with Gasteiger partial charge in [0.2, 0.25) is 0 Å². The first kappa shape index (κ1) is 14.3. The van der Waals surface area contributed by atoms with Crippen LogP contribution in [0.25, 0.3) is 0 Å². The Labute approximate surface area is 125 Å². The Hall–Kier alpha value is -0.160. The van der Waals surface area contributed by atoms with Crippen molar-refractivity contribution in [1.82, 2.24) is 5.32 Å². The topological polar surface area (TPSA) is 12.0 Å². The summed E-state index contributed by atoms with van der Waals surface area (Å²) in [5, 5.41) is 5.81. The van der Waals surface area contributed by atoms with E-state index in [4.69, 9.17) is 0 Å². The molecule has 0 saturated heterocycles. The number of halogens is 1. The normalized spacial score (nSPS) is 12.8. The summed E-state index contributed by atoms with van der Waals surface area (Å²) in [5.41, 5.74) is 0. The number of hydrogen-bond acceptors (Lipinski definition) is 3. The number of aryl methyl sites for hydroxylation is 1. The molecule has 0 amide bonds. The molecule has 0 aliphatic carbocycles. The van der Waals surface area contributed by atoms with E-state index in [1.165, 1.54) is 26.4 Å². The summed E-state index contributed by atoms with van der Waals surface area (Å²) in [7, 11) is 0. The van der Waals surface area contributed by atoms with Gasteiger partial charge in [-0.15, -0.1) is 22.7 Å². The van der Waals surface area contributed by atoms with Crippen molar-refractivity contribution < 1.29 is 0 Å². The van der Waals surface area contributed by atoms with Crippen LogP contribution in [0, 0.1) is 0 Å². The Bertz CT molecular complexity index is 450. The van der Waals surface area contributed by atoms with E-state index in [1.807, 2.05) is 22.7 Å². The minimum absolute atomic E-state index is 0.489. The zero-order chi connectivity index (χ0) is 12.8. The van der Waals surface area contributed by atoms with E-state index >= 15 is 0 Å². The van der Waals surface area contributed by atoms with Gasteiger partial charge in [-0.25, -0.2) is 0 Å². The second-order valence-electron chi connectivity index (χ2n) is 4.27. The third-order valence-corrected chi connectivity index (χ3v) is 5.51. The summed E-state index contributed by atoms with van der Waals surface area (Å²) >= 11 is 7.25. The van der Waals surface area contributed by atoms with E-state index in [0.717, 1.165) is 13.0 Å². The van der Waals surface area contributed by atoms with Gasteiger partial charge in [-0.2, -0.15) is 0 Å². The second kappa shape index (κ2) is 7.43. The lowest BCUT2D eigenvalue weighted by Crippen LogP contribution is -2.21. The quantitative estimate of drug-likeness (QED) is 0.724. The molecule has 18 heavy (non-hydrogen) atoms. The summed E-state index contributed by atoms with van der Waals surface area (Å²) in [6.45, 7) is 3.30. The molecular formula is C14H18BrNS2. The first-order chi connectivity index (χ1) is 8.79. The fourth-order valence-electron chi connectivity index (χ4n) is 1.92. The Morgan fingerprint density at radius 3 is 2.83 bits per heavy atom. The predicted octanol–water partition coefficient (Wildman–Crippen LogP) is 5.25. The first-order valence-electron chi connectivity index (χ1n) is 6.30. The molecule has 0 radical (unpaired) electrons. The van der Waals surface area contributed by atoms with Crippen molar-refractivity contribution in [2.24, 2.45) is 0 Å². The number of nitrogens with one attached hydrogen (secondary N) is 1. The lowest BCUT2D eigenvalue weighted by molar-refractivity contribution is 0.507. The molecule has 0 aromatic carbocycles. The molecule has 1 nitrogen and oxygen atoms in total.